The van der Waals surface area contributed by atoms with Gasteiger partial charge in [0, 0.05) is 12.7 Å². The number of hydrogen-bond acceptors (Lipinski definition) is 3. The second-order valence-electron chi connectivity index (χ2n) is 3.42. The molecule has 0 unspecified atom stereocenters. The van der Waals surface area contributed by atoms with Crippen molar-refractivity contribution in [2.24, 2.45) is 0 Å². The first kappa shape index (κ1) is 11.5. The molecule has 0 amide bonds. The minimum absolute atomic E-state index is 0.922. The smallest absolute Gasteiger partial charge is 0.140 e. The first-order chi connectivity index (χ1) is 6.70. The lowest BCUT2D eigenvalue weighted by molar-refractivity contribution is 0.405. The number of anilines is 1. The highest BCUT2D eigenvalue weighted by Gasteiger charge is 1.98. The summed E-state index contributed by atoms with van der Waals surface area (Å²) in [5, 5.41) is 3.28. The quantitative estimate of drug-likeness (QED) is 0.821. The van der Waals surface area contributed by atoms with Crippen LogP contribution in [0.2, 0.25) is 0 Å². The van der Waals surface area contributed by atoms with E-state index >= 15 is 0 Å². The summed E-state index contributed by atoms with van der Waals surface area (Å²) in [6.45, 7) is 2.05. The van der Waals surface area contributed by atoms with Crippen LogP contribution in [0.4, 0.5) is 5.82 Å². The van der Waals surface area contributed by atoms with Crippen LogP contribution in [0.1, 0.15) is 6.42 Å². The van der Waals surface area contributed by atoms with Gasteiger partial charge in [-0.05, 0) is 55.1 Å². The molecule has 1 aromatic heterocycles. The van der Waals surface area contributed by atoms with Crippen molar-refractivity contribution < 1.29 is 0 Å². The zero-order chi connectivity index (χ0) is 10.4. The van der Waals surface area contributed by atoms with Crippen molar-refractivity contribution >= 4 is 21.7 Å². The molecule has 0 saturated carbocycles. The van der Waals surface area contributed by atoms with E-state index in [1.807, 2.05) is 12.1 Å². The summed E-state index contributed by atoms with van der Waals surface area (Å²) < 4.78 is 1.02. The van der Waals surface area contributed by atoms with E-state index in [2.05, 4.69) is 45.2 Å². The number of halogens is 1. The van der Waals surface area contributed by atoms with Crippen LogP contribution in [0.25, 0.3) is 0 Å². The van der Waals surface area contributed by atoms with Gasteiger partial charge >= 0.3 is 0 Å². The number of hydrogen-bond donors (Lipinski definition) is 1. The summed E-state index contributed by atoms with van der Waals surface area (Å²) in [6.07, 6.45) is 2.91. The van der Waals surface area contributed by atoms with Gasteiger partial charge < -0.3 is 10.2 Å². The summed E-state index contributed by atoms with van der Waals surface area (Å²) >= 11 is 3.44. The Balaban J connectivity index is 2.28. The molecule has 3 nitrogen and oxygen atoms in total. The fourth-order valence-electron chi connectivity index (χ4n) is 1.12. The van der Waals surface area contributed by atoms with E-state index in [0.29, 0.717) is 0 Å². The Hall–Kier alpha value is -0.610. The summed E-state index contributed by atoms with van der Waals surface area (Å²) in [5.41, 5.74) is 0. The Morgan fingerprint density at radius 2 is 2.29 bits per heavy atom. The molecule has 0 radical (unpaired) electrons. The monoisotopic (exact) mass is 257 g/mol. The number of aromatic nitrogens is 1. The van der Waals surface area contributed by atoms with Gasteiger partial charge in [0.25, 0.3) is 0 Å². The van der Waals surface area contributed by atoms with Gasteiger partial charge in [-0.1, -0.05) is 0 Å². The molecule has 0 aromatic carbocycles. The lowest BCUT2D eigenvalue weighted by Gasteiger charge is -2.10. The van der Waals surface area contributed by atoms with Gasteiger partial charge in [-0.3, -0.25) is 0 Å². The average molecular weight is 258 g/mol. The maximum atomic E-state index is 4.22. The second kappa shape index (κ2) is 5.98. The maximum absolute atomic E-state index is 4.22. The summed E-state index contributed by atoms with van der Waals surface area (Å²) in [5.74, 6) is 0.922. The molecule has 0 atom stereocenters. The lowest BCUT2D eigenvalue weighted by atomic mass is 10.4. The van der Waals surface area contributed by atoms with E-state index in [4.69, 9.17) is 0 Å². The molecule has 0 aliphatic rings. The third-order valence-corrected chi connectivity index (χ3v) is 2.47. The molecule has 78 valence electrons. The van der Waals surface area contributed by atoms with Crippen molar-refractivity contribution in [1.82, 2.24) is 9.88 Å². The molecule has 0 spiro atoms. The van der Waals surface area contributed by atoms with Crippen LogP contribution < -0.4 is 5.32 Å². The molecular formula is C10H16BrN3. The molecule has 14 heavy (non-hydrogen) atoms. The lowest BCUT2D eigenvalue weighted by Crippen LogP contribution is -2.16. The molecule has 0 saturated heterocycles. The molecule has 0 fully saturated rings. The van der Waals surface area contributed by atoms with Crippen LogP contribution in [0, 0.1) is 0 Å². The number of nitrogens with one attached hydrogen (secondary N) is 1. The van der Waals surface area contributed by atoms with Crippen LogP contribution in [0.5, 0.6) is 0 Å². The minimum atomic E-state index is 0.922. The highest BCUT2D eigenvalue weighted by Crippen LogP contribution is 2.17. The third-order valence-electron chi connectivity index (χ3n) is 1.83. The van der Waals surface area contributed by atoms with Crippen molar-refractivity contribution in [1.29, 1.82) is 0 Å². The molecule has 1 heterocycles. The van der Waals surface area contributed by atoms with Gasteiger partial charge in [-0.2, -0.15) is 0 Å². The topological polar surface area (TPSA) is 28.2 Å². The van der Waals surface area contributed by atoms with E-state index in [9.17, 15) is 0 Å². The summed E-state index contributed by atoms with van der Waals surface area (Å²) in [6, 6.07) is 3.90. The SMILES string of the molecule is CN(C)CCCNc1ncccc1Br. The first-order valence-corrected chi connectivity index (χ1v) is 5.48. The van der Waals surface area contributed by atoms with Crippen LogP contribution >= 0.6 is 15.9 Å². The minimum Gasteiger partial charge on any atom is -0.369 e. The molecule has 4 heteroatoms. The predicted molar refractivity (Wildman–Crippen MR) is 63.6 cm³/mol. The molecule has 1 aromatic rings. The van der Waals surface area contributed by atoms with E-state index in [-0.39, 0.29) is 0 Å². The van der Waals surface area contributed by atoms with Gasteiger partial charge in [-0.25, -0.2) is 4.98 Å². The molecular weight excluding hydrogens is 242 g/mol. The van der Waals surface area contributed by atoms with Gasteiger partial charge in [0.05, 0.1) is 4.47 Å². The highest BCUT2D eigenvalue weighted by molar-refractivity contribution is 9.10. The Morgan fingerprint density at radius 3 is 2.93 bits per heavy atom. The fourth-order valence-corrected chi connectivity index (χ4v) is 1.51. The van der Waals surface area contributed by atoms with Crippen molar-refractivity contribution in [3.05, 3.63) is 22.8 Å². The van der Waals surface area contributed by atoms with Crippen molar-refractivity contribution in [2.75, 3.05) is 32.5 Å². The summed E-state index contributed by atoms with van der Waals surface area (Å²) in [7, 11) is 4.16. The molecule has 1 N–H and O–H groups in total. The van der Waals surface area contributed by atoms with E-state index in [0.717, 1.165) is 29.8 Å². The van der Waals surface area contributed by atoms with Gasteiger partial charge in [-0.15, -0.1) is 0 Å². The highest BCUT2D eigenvalue weighted by atomic mass is 79.9. The van der Waals surface area contributed by atoms with Gasteiger partial charge in [0.15, 0.2) is 0 Å². The van der Waals surface area contributed by atoms with Gasteiger partial charge in [0.1, 0.15) is 5.82 Å². The average Bonchev–Trinajstić information content (AvgIpc) is 2.15. The third kappa shape index (κ3) is 4.07. The van der Waals surface area contributed by atoms with Crippen LogP contribution in [0.3, 0.4) is 0 Å². The van der Waals surface area contributed by atoms with E-state index in [1.165, 1.54) is 0 Å². The van der Waals surface area contributed by atoms with Crippen molar-refractivity contribution in [2.45, 2.75) is 6.42 Å². The molecule has 0 aliphatic heterocycles. The van der Waals surface area contributed by atoms with Crippen molar-refractivity contribution in [3.8, 4) is 0 Å². The van der Waals surface area contributed by atoms with Crippen LogP contribution in [-0.4, -0.2) is 37.1 Å². The zero-order valence-electron chi connectivity index (χ0n) is 8.63. The summed E-state index contributed by atoms with van der Waals surface area (Å²) in [4.78, 5) is 6.40. The normalized spacial score (nSPS) is 10.6. The molecule has 1 rings (SSSR count). The van der Waals surface area contributed by atoms with Gasteiger partial charge in [0.2, 0.25) is 0 Å². The van der Waals surface area contributed by atoms with Crippen LogP contribution in [0.15, 0.2) is 22.8 Å². The Bertz CT molecular complexity index is 276. The number of rotatable bonds is 5. The standard InChI is InChI=1S/C10H16BrN3/c1-14(2)8-4-7-13-10-9(11)5-3-6-12-10/h3,5-6H,4,7-8H2,1-2H3,(H,12,13). The van der Waals surface area contributed by atoms with E-state index < -0.39 is 0 Å². The number of nitrogens with zero attached hydrogens (tertiary/aromatic N) is 2. The Kier molecular flexibility index (Phi) is 4.90. The second-order valence-corrected chi connectivity index (χ2v) is 4.27. The largest absolute Gasteiger partial charge is 0.369 e. The molecule has 0 bridgehead atoms. The van der Waals surface area contributed by atoms with E-state index in [1.54, 1.807) is 6.20 Å². The fraction of sp³-hybridized carbons (Fsp3) is 0.500. The number of pyridine rings is 1. The van der Waals surface area contributed by atoms with Crippen molar-refractivity contribution in [3.63, 3.8) is 0 Å². The predicted octanol–water partition coefficient (Wildman–Crippen LogP) is 2.21. The maximum Gasteiger partial charge on any atom is 0.140 e. The Labute approximate surface area is 93.7 Å². The Morgan fingerprint density at radius 1 is 1.50 bits per heavy atom. The first-order valence-electron chi connectivity index (χ1n) is 4.69. The zero-order valence-corrected chi connectivity index (χ0v) is 10.2. The molecule has 0 aliphatic carbocycles. The van der Waals surface area contributed by atoms with Crippen LogP contribution in [-0.2, 0) is 0 Å².